The molecule has 0 saturated carbocycles. The van der Waals surface area contributed by atoms with Crippen LogP contribution in [0.25, 0.3) is 10.9 Å². The van der Waals surface area contributed by atoms with Crippen molar-refractivity contribution >= 4 is 28.2 Å². The topological polar surface area (TPSA) is 81.1 Å². The molecule has 0 unspecified atom stereocenters. The minimum atomic E-state index is -4.53. The molecule has 0 spiro atoms. The van der Waals surface area contributed by atoms with E-state index in [-0.39, 0.29) is 27.7 Å². The Bertz CT molecular complexity index is 940. The van der Waals surface area contributed by atoms with Crippen LogP contribution in [0.5, 0.6) is 11.5 Å². The SMILES string of the molecule is O=[N+]([O-])c1cc(Oc2ccc(C(F)(F)F)cc2Cl)cc2cn[nH]c12. The molecule has 0 saturated heterocycles. The lowest BCUT2D eigenvalue weighted by atomic mass is 10.2. The number of alkyl halides is 3. The summed E-state index contributed by atoms with van der Waals surface area (Å²) >= 11 is 5.81. The number of H-pyrrole nitrogens is 1. The monoisotopic (exact) mass is 357 g/mol. The second kappa shape index (κ2) is 5.68. The summed E-state index contributed by atoms with van der Waals surface area (Å²) in [6.45, 7) is 0. The molecule has 0 fully saturated rings. The van der Waals surface area contributed by atoms with Crippen molar-refractivity contribution in [1.29, 1.82) is 0 Å². The van der Waals surface area contributed by atoms with E-state index >= 15 is 0 Å². The first-order valence-electron chi connectivity index (χ1n) is 6.42. The van der Waals surface area contributed by atoms with E-state index < -0.39 is 16.7 Å². The fraction of sp³-hybridized carbons (Fsp3) is 0.0714. The number of rotatable bonds is 3. The van der Waals surface area contributed by atoms with E-state index in [4.69, 9.17) is 16.3 Å². The Morgan fingerprint density at radius 2 is 2.00 bits per heavy atom. The highest BCUT2D eigenvalue weighted by atomic mass is 35.5. The molecule has 0 aliphatic heterocycles. The van der Waals surface area contributed by atoms with E-state index in [9.17, 15) is 23.3 Å². The summed E-state index contributed by atoms with van der Waals surface area (Å²) in [6, 6.07) is 5.18. The van der Waals surface area contributed by atoms with Crippen LogP contribution in [0.2, 0.25) is 5.02 Å². The maximum absolute atomic E-state index is 12.6. The fourth-order valence-electron chi connectivity index (χ4n) is 2.10. The average Bonchev–Trinajstić information content (AvgIpc) is 2.95. The van der Waals surface area contributed by atoms with Crippen molar-refractivity contribution in [1.82, 2.24) is 10.2 Å². The Balaban J connectivity index is 2.00. The molecule has 0 aliphatic rings. The summed E-state index contributed by atoms with van der Waals surface area (Å²) in [4.78, 5) is 10.5. The van der Waals surface area contributed by atoms with Gasteiger partial charge < -0.3 is 4.74 Å². The second-order valence-electron chi connectivity index (χ2n) is 4.78. The number of nitrogens with one attached hydrogen (secondary N) is 1. The van der Waals surface area contributed by atoms with Gasteiger partial charge in [0.05, 0.1) is 27.8 Å². The van der Waals surface area contributed by atoms with Crippen molar-refractivity contribution in [3.8, 4) is 11.5 Å². The van der Waals surface area contributed by atoms with Gasteiger partial charge in [-0.15, -0.1) is 0 Å². The summed E-state index contributed by atoms with van der Waals surface area (Å²) in [5.74, 6) is -0.000863. The molecule has 0 amide bonds. The van der Waals surface area contributed by atoms with Crippen LogP contribution in [0.3, 0.4) is 0 Å². The second-order valence-corrected chi connectivity index (χ2v) is 5.19. The number of aromatic amines is 1. The molecule has 1 aromatic heterocycles. The molecular formula is C14H7ClF3N3O3. The fourth-order valence-corrected chi connectivity index (χ4v) is 2.32. The summed E-state index contributed by atoms with van der Waals surface area (Å²) < 4.78 is 43.3. The Labute approximate surface area is 136 Å². The van der Waals surface area contributed by atoms with Gasteiger partial charge in [0, 0.05) is 5.39 Å². The van der Waals surface area contributed by atoms with Crippen LogP contribution in [-0.4, -0.2) is 15.1 Å². The lowest BCUT2D eigenvalue weighted by molar-refractivity contribution is -0.383. The van der Waals surface area contributed by atoms with E-state index in [1.165, 1.54) is 12.3 Å². The van der Waals surface area contributed by atoms with Crippen LogP contribution >= 0.6 is 11.6 Å². The molecule has 24 heavy (non-hydrogen) atoms. The van der Waals surface area contributed by atoms with Gasteiger partial charge in [-0.1, -0.05) is 11.6 Å². The normalized spacial score (nSPS) is 11.7. The van der Waals surface area contributed by atoms with Gasteiger partial charge in [0.2, 0.25) is 0 Å². The lowest BCUT2D eigenvalue weighted by Gasteiger charge is -2.11. The van der Waals surface area contributed by atoms with Gasteiger partial charge in [-0.3, -0.25) is 15.2 Å². The number of nitro benzene ring substituents is 1. The first kappa shape index (κ1) is 16.1. The van der Waals surface area contributed by atoms with Crippen LogP contribution in [0.15, 0.2) is 36.5 Å². The molecule has 1 N–H and O–H groups in total. The van der Waals surface area contributed by atoms with Crippen molar-refractivity contribution in [2.75, 3.05) is 0 Å². The highest BCUT2D eigenvalue weighted by Gasteiger charge is 2.31. The smallest absolute Gasteiger partial charge is 0.416 e. The summed E-state index contributed by atoms with van der Waals surface area (Å²) in [7, 11) is 0. The van der Waals surface area contributed by atoms with E-state index in [1.54, 1.807) is 0 Å². The van der Waals surface area contributed by atoms with Crippen molar-refractivity contribution in [3.05, 3.63) is 57.2 Å². The molecule has 10 heteroatoms. The molecule has 0 bridgehead atoms. The number of aromatic nitrogens is 2. The standard InChI is InChI=1S/C14H7ClF3N3O3/c15-10-4-8(14(16,17)18)1-2-12(10)24-9-3-7-6-19-20-13(7)11(5-9)21(22)23/h1-6H,(H,19,20). The average molecular weight is 358 g/mol. The van der Waals surface area contributed by atoms with Crippen LogP contribution in [0.1, 0.15) is 5.56 Å². The van der Waals surface area contributed by atoms with Crippen molar-refractivity contribution in [2.24, 2.45) is 0 Å². The van der Waals surface area contributed by atoms with Gasteiger partial charge in [0.15, 0.2) is 0 Å². The third-order valence-electron chi connectivity index (χ3n) is 3.19. The number of fused-ring (bicyclic) bond motifs is 1. The van der Waals surface area contributed by atoms with Crippen LogP contribution in [-0.2, 0) is 6.18 Å². The highest BCUT2D eigenvalue weighted by Crippen LogP contribution is 2.38. The van der Waals surface area contributed by atoms with E-state index in [1.807, 2.05) is 0 Å². The molecule has 3 rings (SSSR count). The molecule has 124 valence electrons. The molecule has 6 nitrogen and oxygen atoms in total. The van der Waals surface area contributed by atoms with E-state index in [0.717, 1.165) is 24.3 Å². The number of ether oxygens (including phenoxy) is 1. The third kappa shape index (κ3) is 2.98. The number of hydrogen-bond acceptors (Lipinski definition) is 4. The highest BCUT2D eigenvalue weighted by molar-refractivity contribution is 6.32. The van der Waals surface area contributed by atoms with Crippen LogP contribution in [0.4, 0.5) is 18.9 Å². The van der Waals surface area contributed by atoms with E-state index in [2.05, 4.69) is 10.2 Å². The van der Waals surface area contributed by atoms with Crippen molar-refractivity contribution in [2.45, 2.75) is 6.18 Å². The van der Waals surface area contributed by atoms with Gasteiger partial charge in [-0.05, 0) is 24.3 Å². The predicted octanol–water partition coefficient (Wildman–Crippen LogP) is 4.94. The number of benzene rings is 2. The Hall–Kier alpha value is -2.81. The Kier molecular flexibility index (Phi) is 3.80. The number of hydrogen-bond donors (Lipinski definition) is 1. The zero-order valence-electron chi connectivity index (χ0n) is 11.6. The van der Waals surface area contributed by atoms with Crippen molar-refractivity contribution in [3.63, 3.8) is 0 Å². The molecule has 3 aromatic rings. The van der Waals surface area contributed by atoms with Crippen LogP contribution in [0, 0.1) is 10.1 Å². The third-order valence-corrected chi connectivity index (χ3v) is 3.48. The van der Waals surface area contributed by atoms with Crippen LogP contribution < -0.4 is 4.74 Å². The maximum Gasteiger partial charge on any atom is 0.416 e. The van der Waals surface area contributed by atoms with Gasteiger partial charge in [-0.25, -0.2) is 0 Å². The Morgan fingerprint density at radius 3 is 2.62 bits per heavy atom. The molecule has 1 heterocycles. The molecule has 0 aliphatic carbocycles. The minimum absolute atomic E-state index is 0.0530. The number of non-ortho nitro benzene ring substituents is 1. The van der Waals surface area contributed by atoms with E-state index in [0.29, 0.717) is 5.39 Å². The van der Waals surface area contributed by atoms with Gasteiger partial charge in [-0.2, -0.15) is 18.3 Å². The maximum atomic E-state index is 12.6. The quantitative estimate of drug-likeness (QED) is 0.532. The zero-order chi connectivity index (χ0) is 17.5. The number of halogens is 4. The molecule has 0 atom stereocenters. The van der Waals surface area contributed by atoms with Gasteiger partial charge >= 0.3 is 6.18 Å². The summed E-state index contributed by atoms with van der Waals surface area (Å²) in [5.41, 5.74) is -0.981. The zero-order valence-corrected chi connectivity index (χ0v) is 12.4. The first-order valence-corrected chi connectivity index (χ1v) is 6.79. The van der Waals surface area contributed by atoms with Gasteiger partial charge in [0.1, 0.15) is 17.0 Å². The number of nitro groups is 1. The predicted molar refractivity (Wildman–Crippen MR) is 79.3 cm³/mol. The van der Waals surface area contributed by atoms with Crippen molar-refractivity contribution < 1.29 is 22.8 Å². The first-order chi connectivity index (χ1) is 11.3. The largest absolute Gasteiger partial charge is 0.456 e. The molecule has 2 aromatic carbocycles. The summed E-state index contributed by atoms with van der Waals surface area (Å²) in [6.07, 6.45) is -3.17. The summed E-state index contributed by atoms with van der Waals surface area (Å²) in [5, 5.41) is 17.5. The lowest BCUT2D eigenvalue weighted by Crippen LogP contribution is -2.04. The molecule has 0 radical (unpaired) electrons. The molecular weight excluding hydrogens is 351 g/mol. The van der Waals surface area contributed by atoms with Gasteiger partial charge in [0.25, 0.3) is 5.69 Å². The minimum Gasteiger partial charge on any atom is -0.456 e. The Morgan fingerprint density at radius 1 is 1.25 bits per heavy atom. The number of nitrogens with zero attached hydrogens (tertiary/aromatic N) is 2.